The summed E-state index contributed by atoms with van der Waals surface area (Å²) < 4.78 is 32.5. The molecule has 0 heterocycles. The lowest BCUT2D eigenvalue weighted by Gasteiger charge is -2.20. The van der Waals surface area contributed by atoms with Crippen molar-refractivity contribution >= 4 is 19.8 Å². The van der Waals surface area contributed by atoms with Crippen molar-refractivity contribution in [1.29, 1.82) is 0 Å². The minimum atomic E-state index is -4.67. The maximum Gasteiger partial charge on any atom is 0.472 e. The van der Waals surface area contributed by atoms with Gasteiger partial charge in [0.2, 0.25) is 0 Å². The average molecular weight is 859 g/mol. The van der Waals surface area contributed by atoms with E-state index >= 15 is 0 Å². The normalized spacial score (nSPS) is 15.5. The van der Waals surface area contributed by atoms with Crippen LogP contribution in [0.15, 0.2) is 122 Å². The summed E-state index contributed by atoms with van der Waals surface area (Å²) in [6.45, 7) is 1.95. The van der Waals surface area contributed by atoms with Crippen LogP contribution in [-0.2, 0) is 32.7 Å². The van der Waals surface area contributed by atoms with Gasteiger partial charge in [-0.2, -0.15) is 0 Å². The highest BCUT2D eigenvalue weighted by molar-refractivity contribution is 7.47. The number of allylic oxidation sites excluding steroid dienone is 18. The molecule has 12 heteroatoms. The van der Waals surface area contributed by atoms with Crippen molar-refractivity contribution in [2.24, 2.45) is 0 Å². The second-order valence-electron chi connectivity index (χ2n) is 13.8. The maximum absolute atomic E-state index is 12.6. The van der Waals surface area contributed by atoms with Crippen molar-refractivity contribution in [3.8, 4) is 0 Å². The molecule has 338 valence electrons. The van der Waals surface area contributed by atoms with Crippen molar-refractivity contribution in [3.63, 3.8) is 0 Å². The first-order chi connectivity index (χ1) is 29.1. The molecule has 0 aromatic carbocycles. The molecular formula is C48H75O11P. The van der Waals surface area contributed by atoms with Gasteiger partial charge in [0.05, 0.1) is 25.9 Å². The van der Waals surface area contributed by atoms with Crippen LogP contribution in [0.2, 0.25) is 0 Å². The SMILES string of the molecule is CC/C=C\CC(O)/C=C/C=C/C/C=C\C/C=C\C/C=C\CCC(=O)O[C@H](COC(=O)CCC/C=C\C/C=C\C/C=C\C/C=C\CCCCC)COP(=O)(O)OC[C@@H](O)CO. The van der Waals surface area contributed by atoms with Crippen LogP contribution in [0.4, 0.5) is 0 Å². The zero-order valence-corrected chi connectivity index (χ0v) is 37.1. The summed E-state index contributed by atoms with van der Waals surface area (Å²) in [5.41, 5.74) is 0. The van der Waals surface area contributed by atoms with E-state index in [4.69, 9.17) is 19.1 Å². The van der Waals surface area contributed by atoms with E-state index in [2.05, 4.69) is 67.0 Å². The summed E-state index contributed by atoms with van der Waals surface area (Å²) >= 11 is 0. The fourth-order valence-corrected chi connectivity index (χ4v) is 5.65. The Morgan fingerprint density at radius 1 is 0.583 bits per heavy atom. The molecule has 0 rings (SSSR count). The van der Waals surface area contributed by atoms with E-state index in [-0.39, 0.29) is 12.8 Å². The molecule has 0 aliphatic heterocycles. The van der Waals surface area contributed by atoms with Crippen LogP contribution in [0, 0.1) is 0 Å². The van der Waals surface area contributed by atoms with Gasteiger partial charge < -0.3 is 29.7 Å². The minimum absolute atomic E-state index is 0.0238. The van der Waals surface area contributed by atoms with Gasteiger partial charge in [0, 0.05) is 12.8 Å². The molecule has 0 spiro atoms. The number of carbonyl (C=O) groups is 2. The molecule has 0 saturated carbocycles. The third-order valence-corrected chi connectivity index (χ3v) is 9.14. The Morgan fingerprint density at radius 3 is 1.68 bits per heavy atom. The second-order valence-corrected chi connectivity index (χ2v) is 15.3. The smallest absolute Gasteiger partial charge is 0.462 e. The molecule has 0 radical (unpaired) electrons. The number of ether oxygens (including phenoxy) is 2. The first kappa shape index (κ1) is 56.3. The van der Waals surface area contributed by atoms with Gasteiger partial charge in [-0.1, -0.05) is 148 Å². The molecule has 0 aromatic rings. The lowest BCUT2D eigenvalue weighted by atomic mass is 10.2. The molecule has 0 aliphatic carbocycles. The van der Waals surface area contributed by atoms with E-state index in [0.717, 1.165) is 44.9 Å². The Balaban J connectivity index is 4.59. The Kier molecular flexibility index (Phi) is 39.5. The lowest BCUT2D eigenvalue weighted by molar-refractivity contribution is -0.161. The lowest BCUT2D eigenvalue weighted by Crippen LogP contribution is -2.29. The van der Waals surface area contributed by atoms with E-state index in [1.54, 1.807) is 6.08 Å². The molecule has 2 unspecified atom stereocenters. The van der Waals surface area contributed by atoms with Crippen molar-refractivity contribution in [3.05, 3.63) is 122 Å². The summed E-state index contributed by atoms with van der Waals surface area (Å²) in [5, 5.41) is 28.2. The first-order valence-electron chi connectivity index (χ1n) is 21.6. The number of aliphatic hydroxyl groups excluding tert-OH is 3. The van der Waals surface area contributed by atoms with Gasteiger partial charge in [-0.25, -0.2) is 4.57 Å². The Labute approximate surface area is 360 Å². The number of carbonyl (C=O) groups excluding carboxylic acids is 2. The Bertz CT molecular complexity index is 1420. The van der Waals surface area contributed by atoms with Gasteiger partial charge >= 0.3 is 19.8 Å². The quantitative estimate of drug-likeness (QED) is 0.0153. The molecule has 4 N–H and O–H groups in total. The predicted molar refractivity (Wildman–Crippen MR) is 243 cm³/mol. The Morgan fingerprint density at radius 2 is 1.12 bits per heavy atom. The van der Waals surface area contributed by atoms with Gasteiger partial charge in [0.15, 0.2) is 6.10 Å². The topological polar surface area (TPSA) is 169 Å². The molecule has 60 heavy (non-hydrogen) atoms. The van der Waals surface area contributed by atoms with Crippen LogP contribution < -0.4 is 0 Å². The van der Waals surface area contributed by atoms with Gasteiger partial charge in [0.25, 0.3) is 0 Å². The van der Waals surface area contributed by atoms with Crippen molar-refractivity contribution in [2.45, 2.75) is 141 Å². The van der Waals surface area contributed by atoms with E-state index in [9.17, 15) is 29.3 Å². The minimum Gasteiger partial charge on any atom is -0.462 e. The molecule has 11 nitrogen and oxygen atoms in total. The van der Waals surface area contributed by atoms with Crippen LogP contribution >= 0.6 is 7.82 Å². The molecule has 0 bridgehead atoms. The van der Waals surface area contributed by atoms with Crippen LogP contribution in [0.25, 0.3) is 0 Å². The summed E-state index contributed by atoms with van der Waals surface area (Å²) in [6.07, 6.45) is 50.9. The van der Waals surface area contributed by atoms with Gasteiger partial charge in [0.1, 0.15) is 12.7 Å². The number of hydrogen-bond acceptors (Lipinski definition) is 10. The van der Waals surface area contributed by atoms with Crippen LogP contribution in [0.5, 0.6) is 0 Å². The monoisotopic (exact) mass is 859 g/mol. The molecule has 4 atom stereocenters. The van der Waals surface area contributed by atoms with Gasteiger partial charge in [-0.3, -0.25) is 18.6 Å². The molecule has 0 aliphatic rings. The third-order valence-electron chi connectivity index (χ3n) is 8.19. The summed E-state index contributed by atoms with van der Waals surface area (Å²) in [4.78, 5) is 34.9. The summed E-state index contributed by atoms with van der Waals surface area (Å²) in [6, 6.07) is 0. The van der Waals surface area contributed by atoms with Crippen LogP contribution in [0.3, 0.4) is 0 Å². The van der Waals surface area contributed by atoms with E-state index in [0.29, 0.717) is 32.1 Å². The second kappa shape index (κ2) is 42.0. The standard InChI is InChI=1S/C48H75O11P/c1-3-5-7-8-9-10-11-12-13-14-15-18-21-24-27-30-34-38-47(52)56-42-46(43-58-60(54,55)57-41-45(51)40-49)59-48(53)39-35-31-28-25-22-19-16-17-20-23-26-29-33-37-44(50)36-32-6-4-2/h6,9-10,12-13,15,17-20,22,24,26-29,31-33,37,44-46,49-51H,3-5,7-8,11,14,16,21,23,25,30,34-36,38-43H2,1-2H3,(H,54,55)/b10-9-,13-12-,18-15-,20-17-,22-19-,27-24-,29-26+,31-28-,32-6-,37-33+/t44?,45-,46+/m0/s1. The molecule has 0 amide bonds. The van der Waals surface area contributed by atoms with E-state index in [1.807, 2.05) is 66.8 Å². The molecule has 0 fully saturated rings. The van der Waals surface area contributed by atoms with Crippen molar-refractivity contribution < 1.29 is 52.9 Å². The van der Waals surface area contributed by atoms with Crippen LogP contribution in [-0.4, -0.2) is 76.9 Å². The number of aliphatic hydroxyl groups is 3. The maximum atomic E-state index is 12.6. The first-order valence-corrected chi connectivity index (χ1v) is 23.1. The highest BCUT2D eigenvalue weighted by atomic mass is 31.2. The number of esters is 2. The highest BCUT2D eigenvalue weighted by Crippen LogP contribution is 2.43. The Hall–Kier alpha value is -3.67. The highest BCUT2D eigenvalue weighted by Gasteiger charge is 2.27. The van der Waals surface area contributed by atoms with Crippen molar-refractivity contribution in [1.82, 2.24) is 0 Å². The van der Waals surface area contributed by atoms with E-state index < -0.39 is 64.5 Å². The number of phosphoric acid groups is 1. The van der Waals surface area contributed by atoms with Gasteiger partial charge in [-0.05, 0) is 83.5 Å². The number of phosphoric ester groups is 1. The molecule has 0 aromatic heterocycles. The largest absolute Gasteiger partial charge is 0.472 e. The zero-order chi connectivity index (χ0) is 44.2. The summed E-state index contributed by atoms with van der Waals surface area (Å²) in [5.74, 6) is -1.12. The number of hydrogen-bond donors (Lipinski definition) is 4. The number of unbranched alkanes of at least 4 members (excludes halogenated alkanes) is 4. The van der Waals surface area contributed by atoms with Crippen molar-refractivity contribution in [2.75, 3.05) is 26.4 Å². The third kappa shape index (κ3) is 41.1. The fraction of sp³-hybridized carbons (Fsp3) is 0.542. The average Bonchev–Trinajstić information content (AvgIpc) is 3.23. The molecule has 0 saturated heterocycles. The molecular weight excluding hydrogens is 783 g/mol. The van der Waals surface area contributed by atoms with Gasteiger partial charge in [-0.15, -0.1) is 0 Å². The summed E-state index contributed by atoms with van der Waals surface area (Å²) in [7, 11) is -4.67. The fourth-order valence-electron chi connectivity index (χ4n) is 4.86. The van der Waals surface area contributed by atoms with E-state index in [1.165, 1.54) is 19.3 Å². The van der Waals surface area contributed by atoms with Crippen LogP contribution in [0.1, 0.15) is 123 Å². The zero-order valence-electron chi connectivity index (χ0n) is 36.2. The predicted octanol–water partition coefficient (Wildman–Crippen LogP) is 10.5. The number of rotatable bonds is 38.